The summed E-state index contributed by atoms with van der Waals surface area (Å²) in [6.45, 7) is 8.25. The Morgan fingerprint density at radius 2 is 1.29 bits per heavy atom. The quantitative estimate of drug-likeness (QED) is 0.358. The van der Waals surface area contributed by atoms with E-state index in [2.05, 4.69) is 63.6 Å². The molecule has 1 nitrogen and oxygen atoms in total. The van der Waals surface area contributed by atoms with E-state index in [-0.39, 0.29) is 10.8 Å². The molecule has 0 heterocycles. The van der Waals surface area contributed by atoms with E-state index >= 15 is 0 Å². The zero-order valence-electron chi connectivity index (χ0n) is 16.2. The first-order valence-corrected chi connectivity index (χ1v) is 10.8. The number of allylic oxidation sites excluding steroid dienone is 1. The number of hydrogen-bond donors (Lipinski definition) is 0. The van der Waals surface area contributed by atoms with Crippen LogP contribution in [0.4, 0.5) is 0 Å². The number of benzene rings is 2. The molecule has 2 aromatic rings. The summed E-state index contributed by atoms with van der Waals surface area (Å²) in [5.41, 5.74) is 1.98. The van der Waals surface area contributed by atoms with Gasteiger partial charge in [-0.15, -0.1) is 0 Å². The molecule has 0 unspecified atom stereocenters. The highest BCUT2D eigenvalue weighted by molar-refractivity contribution is 9.28. The van der Waals surface area contributed by atoms with Gasteiger partial charge in [-0.1, -0.05) is 73.3 Å². The van der Waals surface area contributed by atoms with Crippen LogP contribution in [-0.4, -0.2) is 0 Å². The lowest BCUT2D eigenvalue weighted by atomic mass is 9.85. The fourth-order valence-electron chi connectivity index (χ4n) is 2.36. The van der Waals surface area contributed by atoms with Crippen LogP contribution >= 0.6 is 55.1 Å². The summed E-state index contributed by atoms with van der Waals surface area (Å²) in [5, 5.41) is 9.85. The molecule has 2 aromatic carbocycles. The summed E-state index contributed by atoms with van der Waals surface area (Å²) >= 11 is 18.4. The molecule has 0 saturated heterocycles. The first-order chi connectivity index (χ1) is 13.0. The molecule has 0 amide bonds. The van der Waals surface area contributed by atoms with E-state index < -0.39 is 0 Å². The topological polar surface area (TPSA) is 23.8 Å². The number of nitriles is 1. The van der Waals surface area contributed by atoms with Crippen LogP contribution in [-0.2, 0) is 10.8 Å². The van der Waals surface area contributed by atoms with Crippen molar-refractivity contribution in [3.63, 3.8) is 0 Å². The van der Waals surface area contributed by atoms with E-state index in [1.807, 2.05) is 68.4 Å². The molecule has 0 saturated carbocycles. The highest BCUT2D eigenvalue weighted by Crippen LogP contribution is 2.30. The number of halogens is 4. The summed E-state index contributed by atoms with van der Waals surface area (Å²) in [6, 6.07) is 17.2. The van der Waals surface area contributed by atoms with Crippen molar-refractivity contribution in [2.75, 3.05) is 0 Å². The molecule has 28 heavy (non-hydrogen) atoms. The van der Waals surface area contributed by atoms with Crippen molar-refractivity contribution >= 4 is 55.1 Å². The van der Waals surface area contributed by atoms with E-state index in [0.717, 1.165) is 14.0 Å². The minimum atomic E-state index is -0.305. The second-order valence-corrected chi connectivity index (χ2v) is 10.8. The molecule has 0 aromatic heterocycles. The normalized spacial score (nSPS) is 10.5. The van der Waals surface area contributed by atoms with E-state index in [4.69, 9.17) is 28.5 Å². The summed E-state index contributed by atoms with van der Waals surface area (Å²) in [4.78, 5) is 0. The first kappa shape index (κ1) is 24.8. The lowest BCUT2D eigenvalue weighted by Gasteiger charge is -2.21. The van der Waals surface area contributed by atoms with E-state index in [1.165, 1.54) is 5.56 Å². The molecule has 0 aliphatic rings. The second kappa shape index (κ2) is 11.1. The highest BCUT2D eigenvalue weighted by atomic mass is 79.9. The lowest BCUT2D eigenvalue weighted by Crippen LogP contribution is -2.13. The van der Waals surface area contributed by atoms with Crippen molar-refractivity contribution in [3.05, 3.63) is 79.2 Å². The Morgan fingerprint density at radius 1 is 0.857 bits per heavy atom. The molecular formula is C23H21Br2Cl2N. The molecule has 0 N–H and O–H groups in total. The fraction of sp³-hybridized carbons (Fsp3) is 0.261. The molecule has 0 aliphatic carbocycles. The Morgan fingerprint density at radius 3 is 1.68 bits per heavy atom. The largest absolute Gasteiger partial charge is 0.183 e. The van der Waals surface area contributed by atoms with Gasteiger partial charge in [0.1, 0.15) is 0 Å². The maximum absolute atomic E-state index is 8.38. The van der Waals surface area contributed by atoms with Gasteiger partial charge in [0.2, 0.25) is 0 Å². The summed E-state index contributed by atoms with van der Waals surface area (Å²) in [7, 11) is 0. The standard InChI is InChI=1S/C12H10ClN.C11H11Br2Cl/c1-12(2,8-3-9-14)10-4-6-11(13)7-5-10;1-11(2,7-10(12)13)8-3-5-9(14)6-4-8/h4-7H,1-2H3;3-7H,1-2H3. The highest BCUT2D eigenvalue weighted by Gasteiger charge is 2.18. The van der Waals surface area contributed by atoms with Crippen molar-refractivity contribution in [2.45, 2.75) is 38.5 Å². The Hall–Kier alpha value is -1.23. The maximum Gasteiger partial charge on any atom is 0.152 e. The van der Waals surface area contributed by atoms with Crippen LogP contribution in [0.15, 0.2) is 58.0 Å². The van der Waals surface area contributed by atoms with Gasteiger partial charge in [0.25, 0.3) is 0 Å². The number of hydrogen-bond acceptors (Lipinski definition) is 1. The smallest absolute Gasteiger partial charge is 0.152 e. The molecule has 0 fully saturated rings. The van der Waals surface area contributed by atoms with Crippen molar-refractivity contribution in [1.82, 2.24) is 0 Å². The molecule has 0 spiro atoms. The summed E-state index contributed by atoms with van der Waals surface area (Å²) in [6.07, 6.45) is 2.11. The minimum absolute atomic E-state index is 0.00702. The average Bonchev–Trinajstić information content (AvgIpc) is 2.60. The van der Waals surface area contributed by atoms with Crippen molar-refractivity contribution in [1.29, 1.82) is 5.26 Å². The molecule has 2 rings (SSSR count). The van der Waals surface area contributed by atoms with Gasteiger partial charge in [-0.25, -0.2) is 0 Å². The first-order valence-electron chi connectivity index (χ1n) is 8.45. The van der Waals surface area contributed by atoms with Gasteiger partial charge in [-0.05, 0) is 81.1 Å². The molecule has 0 atom stereocenters. The third-order valence-corrected chi connectivity index (χ3v) is 5.02. The van der Waals surface area contributed by atoms with Gasteiger partial charge in [-0.2, -0.15) is 5.26 Å². The zero-order valence-corrected chi connectivity index (χ0v) is 20.8. The van der Waals surface area contributed by atoms with Crippen LogP contribution in [0.1, 0.15) is 38.8 Å². The van der Waals surface area contributed by atoms with Gasteiger partial charge in [0.15, 0.2) is 6.07 Å². The third kappa shape index (κ3) is 8.42. The molecule has 5 heteroatoms. The summed E-state index contributed by atoms with van der Waals surface area (Å²) < 4.78 is 0.963. The lowest BCUT2D eigenvalue weighted by molar-refractivity contribution is 0.671. The maximum atomic E-state index is 8.38. The SMILES string of the molecule is CC(C)(C#CC#N)c1ccc(Cl)cc1.CC(C)(C=C(Br)Br)c1ccc(Cl)cc1. The Labute approximate surface area is 195 Å². The monoisotopic (exact) mass is 539 g/mol. The van der Waals surface area contributed by atoms with Crippen LogP contribution in [0, 0.1) is 23.2 Å². The zero-order chi connectivity index (χ0) is 21.4. The molecule has 0 radical (unpaired) electrons. The van der Waals surface area contributed by atoms with Gasteiger partial charge in [0, 0.05) is 21.4 Å². The van der Waals surface area contributed by atoms with Crippen LogP contribution in [0.2, 0.25) is 10.0 Å². The van der Waals surface area contributed by atoms with E-state index in [0.29, 0.717) is 5.02 Å². The fourth-order valence-corrected chi connectivity index (χ4v) is 3.76. The third-order valence-electron chi connectivity index (χ3n) is 4.06. The minimum Gasteiger partial charge on any atom is -0.183 e. The molecule has 146 valence electrons. The predicted molar refractivity (Wildman–Crippen MR) is 128 cm³/mol. The van der Waals surface area contributed by atoms with E-state index in [9.17, 15) is 0 Å². The van der Waals surface area contributed by atoms with E-state index in [1.54, 1.807) is 0 Å². The predicted octanol–water partition coefficient (Wildman–Crippen LogP) is 8.39. The van der Waals surface area contributed by atoms with Crippen molar-refractivity contribution < 1.29 is 0 Å². The van der Waals surface area contributed by atoms with Gasteiger partial charge < -0.3 is 0 Å². The Balaban J connectivity index is 0.000000280. The van der Waals surface area contributed by atoms with Crippen molar-refractivity contribution in [3.8, 4) is 17.9 Å². The van der Waals surface area contributed by atoms with Crippen LogP contribution in [0.3, 0.4) is 0 Å². The number of nitrogens with zero attached hydrogens (tertiary/aromatic N) is 1. The van der Waals surface area contributed by atoms with Crippen LogP contribution < -0.4 is 0 Å². The Kier molecular flexibility index (Phi) is 9.82. The van der Waals surface area contributed by atoms with Gasteiger partial charge >= 0.3 is 0 Å². The van der Waals surface area contributed by atoms with Crippen LogP contribution in [0.25, 0.3) is 0 Å². The van der Waals surface area contributed by atoms with Crippen molar-refractivity contribution in [2.24, 2.45) is 0 Å². The molecular weight excluding hydrogens is 521 g/mol. The molecule has 0 aliphatic heterocycles. The molecule has 0 bridgehead atoms. The van der Waals surface area contributed by atoms with Crippen LogP contribution in [0.5, 0.6) is 0 Å². The van der Waals surface area contributed by atoms with Gasteiger partial charge in [0.05, 0.1) is 8.81 Å². The van der Waals surface area contributed by atoms with Gasteiger partial charge in [-0.3, -0.25) is 0 Å². The Bertz CT molecular complexity index is 906. The number of rotatable bonds is 3. The second-order valence-electron chi connectivity index (χ2n) is 7.16. The average molecular weight is 542 g/mol. The summed E-state index contributed by atoms with van der Waals surface area (Å²) in [5.74, 6) is 5.31.